The van der Waals surface area contributed by atoms with Crippen molar-refractivity contribution in [2.45, 2.75) is 37.8 Å². The van der Waals surface area contributed by atoms with Crippen LogP contribution in [-0.2, 0) is 14.8 Å². The van der Waals surface area contributed by atoms with E-state index in [2.05, 4.69) is 16.8 Å². The third-order valence-corrected chi connectivity index (χ3v) is 7.69. The van der Waals surface area contributed by atoms with Gasteiger partial charge in [0.1, 0.15) is 16.7 Å². The van der Waals surface area contributed by atoms with Gasteiger partial charge in [-0.1, -0.05) is 18.8 Å². The maximum atomic E-state index is 13.5. The fourth-order valence-electron chi connectivity index (χ4n) is 3.50. The zero-order chi connectivity index (χ0) is 24.2. The van der Waals surface area contributed by atoms with Crippen LogP contribution in [0.4, 0.5) is 0 Å². The smallest absolute Gasteiger partial charge is 0.247 e. The van der Waals surface area contributed by atoms with Crippen molar-refractivity contribution < 1.29 is 23.1 Å². The van der Waals surface area contributed by atoms with E-state index in [9.17, 15) is 18.3 Å². The van der Waals surface area contributed by atoms with Gasteiger partial charge in [-0.2, -0.15) is 4.31 Å². The third-order valence-electron chi connectivity index (χ3n) is 5.67. The Hall–Kier alpha value is -2.93. The molecule has 8 nitrogen and oxygen atoms in total. The van der Waals surface area contributed by atoms with Crippen LogP contribution in [0.25, 0.3) is 0 Å². The molecule has 1 aromatic heterocycles. The van der Waals surface area contributed by atoms with Gasteiger partial charge in [-0.25, -0.2) is 8.42 Å². The summed E-state index contributed by atoms with van der Waals surface area (Å²) in [5, 5.41) is 9.71. The SMILES string of the molecule is CC(=O)N(C)C[C@H]1Oc2cc(C#Cc3cccnc3)ccc2S(=O)(=O)N([C@H](C)CO)C[C@H]1C. The van der Waals surface area contributed by atoms with Gasteiger partial charge in [0.05, 0.1) is 13.2 Å². The number of nitrogens with zero attached hydrogens (tertiary/aromatic N) is 3. The van der Waals surface area contributed by atoms with Crippen LogP contribution in [-0.4, -0.2) is 72.5 Å². The molecule has 0 aliphatic carbocycles. The average Bonchev–Trinajstić information content (AvgIpc) is 2.79. The average molecular weight is 472 g/mol. The Morgan fingerprint density at radius 1 is 1.33 bits per heavy atom. The minimum absolute atomic E-state index is 0.0112. The number of aliphatic hydroxyl groups is 1. The number of aliphatic hydroxyl groups excluding tert-OH is 1. The summed E-state index contributed by atoms with van der Waals surface area (Å²) in [6.07, 6.45) is 2.85. The number of ether oxygens (including phenoxy) is 1. The number of fused-ring (bicyclic) bond motifs is 1. The fraction of sp³-hybridized carbons (Fsp3) is 0.417. The summed E-state index contributed by atoms with van der Waals surface area (Å²) in [6, 6.07) is 7.73. The normalized spacial score (nSPS) is 20.8. The number of carbonyl (C=O) groups is 1. The van der Waals surface area contributed by atoms with Crippen LogP contribution < -0.4 is 4.74 Å². The molecular weight excluding hydrogens is 442 g/mol. The van der Waals surface area contributed by atoms with E-state index in [0.717, 1.165) is 5.56 Å². The molecule has 2 aromatic rings. The van der Waals surface area contributed by atoms with Crippen molar-refractivity contribution in [3.63, 3.8) is 0 Å². The van der Waals surface area contributed by atoms with Gasteiger partial charge in [0.25, 0.3) is 0 Å². The van der Waals surface area contributed by atoms with E-state index in [1.165, 1.54) is 17.3 Å². The van der Waals surface area contributed by atoms with Gasteiger partial charge in [-0.15, -0.1) is 0 Å². The standard InChI is InChI=1S/C24H29N3O5S/c1-17-14-27(18(2)16-28)33(30,31)24-10-9-20(7-8-21-6-5-11-25-13-21)12-22(24)32-23(17)15-26(4)19(3)29/h5-6,9-13,17-18,23,28H,14-16H2,1-4H3/t17-,18-,23-/m1/s1. The van der Waals surface area contributed by atoms with Crippen molar-refractivity contribution in [1.82, 2.24) is 14.2 Å². The highest BCUT2D eigenvalue weighted by Gasteiger charge is 2.38. The monoisotopic (exact) mass is 471 g/mol. The summed E-state index contributed by atoms with van der Waals surface area (Å²) in [7, 11) is -2.25. The van der Waals surface area contributed by atoms with Crippen molar-refractivity contribution in [3.8, 4) is 17.6 Å². The first-order valence-electron chi connectivity index (χ1n) is 10.7. The van der Waals surface area contributed by atoms with Gasteiger partial charge in [0, 0.05) is 56.0 Å². The molecule has 0 saturated carbocycles. The molecule has 0 bridgehead atoms. The lowest BCUT2D eigenvalue weighted by atomic mass is 10.0. The fourth-order valence-corrected chi connectivity index (χ4v) is 5.33. The third kappa shape index (κ3) is 5.71. The Bertz CT molecular complexity index is 1160. The molecule has 1 aliphatic rings. The number of carbonyl (C=O) groups excluding carboxylic acids is 1. The molecule has 2 heterocycles. The number of rotatable bonds is 4. The number of aromatic nitrogens is 1. The molecule has 0 saturated heterocycles. The van der Waals surface area contributed by atoms with Crippen molar-refractivity contribution in [3.05, 3.63) is 53.9 Å². The van der Waals surface area contributed by atoms with Gasteiger partial charge in [-0.3, -0.25) is 9.78 Å². The van der Waals surface area contributed by atoms with Gasteiger partial charge in [0.2, 0.25) is 15.9 Å². The highest BCUT2D eigenvalue weighted by molar-refractivity contribution is 7.89. The summed E-state index contributed by atoms with van der Waals surface area (Å²) < 4.78 is 34.5. The second kappa shape index (κ2) is 10.3. The van der Waals surface area contributed by atoms with E-state index < -0.39 is 22.2 Å². The lowest BCUT2D eigenvalue weighted by molar-refractivity contribution is -0.129. The van der Waals surface area contributed by atoms with Crippen molar-refractivity contribution in [2.75, 3.05) is 26.7 Å². The second-order valence-corrected chi connectivity index (χ2v) is 10.2. The Balaban J connectivity index is 2.08. The van der Waals surface area contributed by atoms with Crippen LogP contribution in [0, 0.1) is 17.8 Å². The van der Waals surface area contributed by atoms with Crippen LogP contribution in [0.15, 0.2) is 47.6 Å². The molecule has 0 unspecified atom stereocenters. The number of benzene rings is 1. The summed E-state index contributed by atoms with van der Waals surface area (Å²) in [6.45, 7) is 5.15. The van der Waals surface area contributed by atoms with Gasteiger partial charge in [0.15, 0.2) is 0 Å². The molecule has 0 spiro atoms. The molecule has 3 rings (SSSR count). The number of pyridine rings is 1. The van der Waals surface area contributed by atoms with Crippen LogP contribution >= 0.6 is 0 Å². The number of likely N-dealkylation sites (N-methyl/N-ethyl adjacent to an activating group) is 1. The predicted molar refractivity (Wildman–Crippen MR) is 124 cm³/mol. The van der Waals surface area contributed by atoms with Crippen LogP contribution in [0.5, 0.6) is 5.75 Å². The zero-order valence-electron chi connectivity index (χ0n) is 19.2. The van der Waals surface area contributed by atoms with E-state index in [0.29, 0.717) is 12.1 Å². The minimum atomic E-state index is -3.93. The summed E-state index contributed by atoms with van der Waals surface area (Å²) >= 11 is 0. The van der Waals surface area contributed by atoms with Crippen molar-refractivity contribution >= 4 is 15.9 Å². The molecule has 33 heavy (non-hydrogen) atoms. The van der Waals surface area contributed by atoms with E-state index in [4.69, 9.17) is 4.74 Å². The number of sulfonamides is 1. The lowest BCUT2D eigenvalue weighted by Crippen LogP contribution is -2.50. The van der Waals surface area contributed by atoms with Crippen LogP contribution in [0.3, 0.4) is 0 Å². The minimum Gasteiger partial charge on any atom is -0.487 e. The molecule has 1 amide bonds. The quantitative estimate of drug-likeness (QED) is 0.682. The zero-order valence-corrected chi connectivity index (χ0v) is 20.0. The van der Waals surface area contributed by atoms with E-state index in [1.54, 1.807) is 49.5 Å². The topological polar surface area (TPSA) is 100 Å². The maximum Gasteiger partial charge on any atom is 0.247 e. The molecule has 0 fully saturated rings. The van der Waals surface area contributed by atoms with E-state index >= 15 is 0 Å². The molecule has 9 heteroatoms. The summed E-state index contributed by atoms with van der Waals surface area (Å²) in [5.74, 6) is 5.85. The largest absolute Gasteiger partial charge is 0.487 e. The summed E-state index contributed by atoms with van der Waals surface area (Å²) in [5.41, 5.74) is 1.32. The highest BCUT2D eigenvalue weighted by atomic mass is 32.2. The van der Waals surface area contributed by atoms with Crippen molar-refractivity contribution in [1.29, 1.82) is 0 Å². The van der Waals surface area contributed by atoms with E-state index in [1.807, 2.05) is 13.0 Å². The Kier molecular flexibility index (Phi) is 7.74. The number of hydrogen-bond donors (Lipinski definition) is 1. The maximum absolute atomic E-state index is 13.5. The Morgan fingerprint density at radius 3 is 2.70 bits per heavy atom. The van der Waals surface area contributed by atoms with Gasteiger partial charge in [-0.05, 0) is 37.3 Å². The Labute approximate surface area is 195 Å². The van der Waals surface area contributed by atoms with E-state index in [-0.39, 0.29) is 35.6 Å². The number of amides is 1. The molecule has 3 atom stereocenters. The molecule has 0 radical (unpaired) electrons. The molecular formula is C24H29N3O5S. The van der Waals surface area contributed by atoms with Crippen molar-refractivity contribution in [2.24, 2.45) is 5.92 Å². The van der Waals surface area contributed by atoms with Gasteiger partial charge >= 0.3 is 0 Å². The highest BCUT2D eigenvalue weighted by Crippen LogP contribution is 2.34. The predicted octanol–water partition coefficient (Wildman–Crippen LogP) is 1.73. The molecule has 1 aliphatic heterocycles. The second-order valence-electron chi connectivity index (χ2n) is 8.29. The van der Waals surface area contributed by atoms with Crippen LogP contribution in [0.2, 0.25) is 0 Å². The lowest BCUT2D eigenvalue weighted by Gasteiger charge is -2.37. The first-order valence-corrected chi connectivity index (χ1v) is 12.1. The molecule has 1 aromatic carbocycles. The first kappa shape index (κ1) is 24.7. The van der Waals surface area contributed by atoms with Gasteiger partial charge < -0.3 is 14.7 Å². The molecule has 1 N–H and O–H groups in total. The summed E-state index contributed by atoms with van der Waals surface area (Å²) in [4.78, 5) is 17.4. The molecule has 176 valence electrons. The first-order chi connectivity index (χ1) is 15.6. The van der Waals surface area contributed by atoms with Crippen LogP contribution in [0.1, 0.15) is 31.9 Å². The number of hydrogen-bond acceptors (Lipinski definition) is 6. The Morgan fingerprint density at radius 2 is 2.06 bits per heavy atom.